The van der Waals surface area contributed by atoms with Crippen molar-refractivity contribution in [1.82, 2.24) is 0 Å². The highest BCUT2D eigenvalue weighted by Gasteiger charge is 2.11. The molecule has 0 amide bonds. The van der Waals surface area contributed by atoms with Crippen molar-refractivity contribution in [2.24, 2.45) is 0 Å². The first-order valence-electron chi connectivity index (χ1n) is 5.14. The predicted molar refractivity (Wildman–Crippen MR) is 69.7 cm³/mol. The summed E-state index contributed by atoms with van der Waals surface area (Å²) < 4.78 is 14.4. The van der Waals surface area contributed by atoms with Crippen molar-refractivity contribution in [2.45, 2.75) is 6.92 Å². The van der Waals surface area contributed by atoms with E-state index in [1.165, 1.54) is 0 Å². The summed E-state index contributed by atoms with van der Waals surface area (Å²) in [6.45, 7) is 1.82. The largest absolute Gasteiger partial charge is 0.298 e. The minimum Gasteiger partial charge on any atom is -0.298 e. The zero-order valence-corrected chi connectivity index (χ0v) is 10.8. The Bertz CT molecular complexity index is 578. The Balaban J connectivity index is 2.69. The van der Waals surface area contributed by atoms with Crippen LogP contribution < -0.4 is 0 Å². The lowest BCUT2D eigenvalue weighted by Crippen LogP contribution is -1.93. The van der Waals surface area contributed by atoms with Crippen LogP contribution in [-0.4, -0.2) is 6.29 Å². The van der Waals surface area contributed by atoms with Gasteiger partial charge in [0.05, 0.1) is 4.47 Å². The number of carbonyl (C=O) groups is 1. The lowest BCUT2D eigenvalue weighted by atomic mass is 9.97. The van der Waals surface area contributed by atoms with Crippen LogP contribution in [0.5, 0.6) is 0 Å². The summed E-state index contributed by atoms with van der Waals surface area (Å²) in [5.74, 6) is -0.307. The number of aldehydes is 1. The van der Waals surface area contributed by atoms with Gasteiger partial charge in [0, 0.05) is 11.1 Å². The average molecular weight is 293 g/mol. The van der Waals surface area contributed by atoms with Crippen LogP contribution in [0.1, 0.15) is 15.9 Å². The first-order chi connectivity index (χ1) is 8.15. The quantitative estimate of drug-likeness (QED) is 0.751. The van der Waals surface area contributed by atoms with Gasteiger partial charge >= 0.3 is 0 Å². The molecule has 0 heterocycles. The molecule has 0 radical (unpaired) electrons. The fourth-order valence-corrected chi connectivity index (χ4v) is 2.15. The third kappa shape index (κ3) is 2.15. The minimum atomic E-state index is -0.307. The van der Waals surface area contributed by atoms with Crippen molar-refractivity contribution in [3.8, 4) is 11.1 Å². The van der Waals surface area contributed by atoms with Gasteiger partial charge in [-0.3, -0.25) is 4.79 Å². The molecule has 0 aliphatic carbocycles. The molecule has 0 fully saturated rings. The lowest BCUT2D eigenvalue weighted by Gasteiger charge is -2.09. The van der Waals surface area contributed by atoms with E-state index in [1.54, 1.807) is 30.3 Å². The van der Waals surface area contributed by atoms with Gasteiger partial charge in [-0.25, -0.2) is 4.39 Å². The molecule has 0 aliphatic heterocycles. The van der Waals surface area contributed by atoms with E-state index >= 15 is 0 Å². The van der Waals surface area contributed by atoms with Crippen molar-refractivity contribution in [1.29, 1.82) is 0 Å². The fourth-order valence-electron chi connectivity index (χ4n) is 1.78. The molecule has 0 bridgehead atoms. The van der Waals surface area contributed by atoms with E-state index in [0.29, 0.717) is 15.6 Å². The Morgan fingerprint density at radius 1 is 1.12 bits per heavy atom. The second kappa shape index (κ2) is 4.80. The molecule has 0 N–H and O–H groups in total. The molecule has 0 spiro atoms. The van der Waals surface area contributed by atoms with Crippen LogP contribution >= 0.6 is 15.9 Å². The maximum absolute atomic E-state index is 14.0. The average Bonchev–Trinajstić information content (AvgIpc) is 2.33. The minimum absolute atomic E-state index is 0.307. The third-order valence-corrected chi connectivity index (χ3v) is 3.36. The predicted octanol–water partition coefficient (Wildman–Crippen LogP) is 4.38. The van der Waals surface area contributed by atoms with Crippen molar-refractivity contribution in [3.63, 3.8) is 0 Å². The number of halogens is 2. The molecule has 2 aromatic rings. The van der Waals surface area contributed by atoms with Crippen LogP contribution in [-0.2, 0) is 0 Å². The Labute approximate surface area is 107 Å². The number of carbonyl (C=O) groups excluding carboxylic acids is 1. The van der Waals surface area contributed by atoms with Gasteiger partial charge in [-0.15, -0.1) is 0 Å². The van der Waals surface area contributed by atoms with E-state index in [-0.39, 0.29) is 5.82 Å². The highest BCUT2D eigenvalue weighted by Crippen LogP contribution is 2.30. The normalized spacial score (nSPS) is 10.3. The molecular formula is C14H10BrFO. The van der Waals surface area contributed by atoms with Crippen LogP contribution in [0.15, 0.2) is 40.9 Å². The zero-order chi connectivity index (χ0) is 12.4. The van der Waals surface area contributed by atoms with E-state index in [9.17, 15) is 9.18 Å². The van der Waals surface area contributed by atoms with Gasteiger partial charge in [0.25, 0.3) is 0 Å². The summed E-state index contributed by atoms with van der Waals surface area (Å²) >= 11 is 3.16. The highest BCUT2D eigenvalue weighted by molar-refractivity contribution is 9.10. The van der Waals surface area contributed by atoms with E-state index in [4.69, 9.17) is 0 Å². The van der Waals surface area contributed by atoms with Crippen LogP contribution in [0.4, 0.5) is 4.39 Å². The Kier molecular flexibility index (Phi) is 3.38. The van der Waals surface area contributed by atoms with Gasteiger partial charge in [0.15, 0.2) is 0 Å². The summed E-state index contributed by atoms with van der Waals surface area (Å²) in [5, 5.41) is 0. The standard InChI is InChI=1S/C14H10BrFO/c1-9-10(8-17)4-2-5-11(9)12-6-3-7-13(15)14(12)16/h2-8H,1H3. The maximum atomic E-state index is 14.0. The summed E-state index contributed by atoms with van der Waals surface area (Å²) in [6, 6.07) is 10.4. The zero-order valence-electron chi connectivity index (χ0n) is 9.21. The SMILES string of the molecule is Cc1c(C=O)cccc1-c1cccc(Br)c1F. The third-order valence-electron chi connectivity index (χ3n) is 2.74. The summed E-state index contributed by atoms with van der Waals surface area (Å²) in [7, 11) is 0. The second-order valence-electron chi connectivity index (χ2n) is 3.74. The molecule has 0 saturated heterocycles. The molecule has 2 aromatic carbocycles. The Hall–Kier alpha value is -1.48. The molecule has 2 rings (SSSR count). The maximum Gasteiger partial charge on any atom is 0.150 e. The van der Waals surface area contributed by atoms with E-state index in [1.807, 2.05) is 13.0 Å². The van der Waals surface area contributed by atoms with Crippen LogP contribution in [0, 0.1) is 12.7 Å². The first kappa shape index (κ1) is 12.0. The van der Waals surface area contributed by atoms with Crippen LogP contribution in [0.25, 0.3) is 11.1 Å². The number of benzene rings is 2. The molecule has 0 atom stereocenters. The van der Waals surface area contributed by atoms with E-state index in [2.05, 4.69) is 15.9 Å². The van der Waals surface area contributed by atoms with Crippen molar-refractivity contribution in [2.75, 3.05) is 0 Å². The molecule has 0 aliphatic rings. The second-order valence-corrected chi connectivity index (χ2v) is 4.59. The molecule has 1 nitrogen and oxygen atoms in total. The van der Waals surface area contributed by atoms with Crippen LogP contribution in [0.3, 0.4) is 0 Å². The van der Waals surface area contributed by atoms with E-state index in [0.717, 1.165) is 17.4 Å². The van der Waals surface area contributed by atoms with Gasteiger partial charge in [-0.2, -0.15) is 0 Å². The Morgan fingerprint density at radius 2 is 1.76 bits per heavy atom. The van der Waals surface area contributed by atoms with Crippen molar-refractivity contribution in [3.05, 3.63) is 57.8 Å². The summed E-state index contributed by atoms with van der Waals surface area (Å²) in [4.78, 5) is 10.9. The molecule has 0 saturated carbocycles. The van der Waals surface area contributed by atoms with Gasteiger partial charge in [0.1, 0.15) is 12.1 Å². The topological polar surface area (TPSA) is 17.1 Å². The molecule has 3 heteroatoms. The number of hydrogen-bond donors (Lipinski definition) is 0. The lowest BCUT2D eigenvalue weighted by molar-refractivity contribution is 0.112. The van der Waals surface area contributed by atoms with Gasteiger partial charge < -0.3 is 0 Å². The first-order valence-corrected chi connectivity index (χ1v) is 5.93. The molecular weight excluding hydrogens is 283 g/mol. The highest BCUT2D eigenvalue weighted by atomic mass is 79.9. The Morgan fingerprint density at radius 3 is 2.47 bits per heavy atom. The number of rotatable bonds is 2. The molecule has 86 valence electrons. The summed E-state index contributed by atoms with van der Waals surface area (Å²) in [5.41, 5.74) is 2.62. The van der Waals surface area contributed by atoms with Gasteiger partial charge in [0.2, 0.25) is 0 Å². The summed E-state index contributed by atoms with van der Waals surface area (Å²) in [6.07, 6.45) is 0.786. The molecule has 0 aromatic heterocycles. The smallest absolute Gasteiger partial charge is 0.150 e. The van der Waals surface area contributed by atoms with Crippen molar-refractivity contribution < 1.29 is 9.18 Å². The monoisotopic (exact) mass is 292 g/mol. The molecule has 17 heavy (non-hydrogen) atoms. The van der Waals surface area contributed by atoms with Gasteiger partial charge in [-0.05, 0) is 40.0 Å². The van der Waals surface area contributed by atoms with Crippen molar-refractivity contribution >= 4 is 22.2 Å². The van der Waals surface area contributed by atoms with Crippen LogP contribution in [0.2, 0.25) is 0 Å². The van der Waals surface area contributed by atoms with Gasteiger partial charge in [-0.1, -0.05) is 30.3 Å². The fraction of sp³-hybridized carbons (Fsp3) is 0.0714. The molecule has 0 unspecified atom stereocenters. The van der Waals surface area contributed by atoms with E-state index < -0.39 is 0 Å². The number of hydrogen-bond acceptors (Lipinski definition) is 1.